The van der Waals surface area contributed by atoms with E-state index in [4.69, 9.17) is 10.1 Å². The number of ether oxygens (including phenoxy) is 1. The lowest BCUT2D eigenvalue weighted by Gasteiger charge is -2.05. The van der Waals surface area contributed by atoms with Gasteiger partial charge in [0.1, 0.15) is 0 Å². The highest BCUT2D eigenvalue weighted by Crippen LogP contribution is 1.80. The van der Waals surface area contributed by atoms with Crippen molar-refractivity contribution in [3.8, 4) is 0 Å². The lowest BCUT2D eigenvalue weighted by Crippen LogP contribution is -2.29. The molecule has 0 fully saturated rings. The number of aliphatic imine (C=N–C) groups is 1. The van der Waals surface area contributed by atoms with E-state index in [1.807, 2.05) is 6.92 Å². The topological polar surface area (TPSA) is 57.5 Å². The summed E-state index contributed by atoms with van der Waals surface area (Å²) in [6.07, 6.45) is 0. The number of hydrogen-bond donors (Lipinski definition) is 2. The van der Waals surface area contributed by atoms with Gasteiger partial charge in [-0.15, -0.1) is 0 Å². The fourth-order valence-electron chi connectivity index (χ4n) is 0.540. The van der Waals surface area contributed by atoms with Crippen molar-refractivity contribution >= 4 is 11.7 Å². The molecule has 4 heteroatoms. The Hall–Kier alpha value is -1.06. The van der Waals surface area contributed by atoms with E-state index in [9.17, 15) is 0 Å². The number of nitrogens with zero attached hydrogens (tertiary/aromatic N) is 1. The van der Waals surface area contributed by atoms with Crippen LogP contribution < -0.4 is 5.32 Å². The van der Waals surface area contributed by atoms with E-state index in [2.05, 4.69) is 10.3 Å². The molecule has 0 aliphatic heterocycles. The number of likely N-dealkylation sites (N-methyl/N-ethyl adjacent to an activating group) is 1. The molecule has 0 bridgehead atoms. The Morgan fingerprint density at radius 3 is 2.60 bits per heavy atom. The first kappa shape index (κ1) is 8.94. The molecule has 0 aromatic heterocycles. The summed E-state index contributed by atoms with van der Waals surface area (Å²) < 4.78 is 4.88. The average Bonchev–Trinajstić information content (AvgIpc) is 1.91. The predicted octanol–water partition coefficient (Wildman–Crippen LogP) is 0.248. The van der Waals surface area contributed by atoms with E-state index in [0.717, 1.165) is 0 Å². The smallest absolute Gasteiger partial charge is 0.249 e. The Bertz CT molecular complexity index is 142. The average molecular weight is 143 g/mol. The summed E-state index contributed by atoms with van der Waals surface area (Å²) >= 11 is 0. The highest BCUT2D eigenvalue weighted by molar-refractivity contribution is 6.36. The van der Waals surface area contributed by atoms with Gasteiger partial charge in [0.15, 0.2) is 5.84 Å². The number of amidine groups is 1. The summed E-state index contributed by atoms with van der Waals surface area (Å²) in [4.78, 5) is 3.78. The van der Waals surface area contributed by atoms with Crippen LogP contribution in [0.5, 0.6) is 0 Å². The van der Waals surface area contributed by atoms with Gasteiger partial charge in [-0.3, -0.25) is 10.4 Å². The first-order valence-electron chi connectivity index (χ1n) is 3.12. The van der Waals surface area contributed by atoms with Gasteiger partial charge in [-0.2, -0.15) is 0 Å². The van der Waals surface area contributed by atoms with Crippen LogP contribution in [0.25, 0.3) is 0 Å². The fraction of sp³-hybridized carbons (Fsp3) is 0.667. The summed E-state index contributed by atoms with van der Waals surface area (Å²) in [5.41, 5.74) is 0. The van der Waals surface area contributed by atoms with Gasteiger partial charge in [-0.05, 0) is 6.92 Å². The van der Waals surface area contributed by atoms with Crippen LogP contribution in [-0.2, 0) is 4.74 Å². The Balaban J connectivity index is 3.91. The zero-order chi connectivity index (χ0) is 7.98. The van der Waals surface area contributed by atoms with Crippen LogP contribution in [0.3, 0.4) is 0 Å². The Labute approximate surface area is 60.8 Å². The van der Waals surface area contributed by atoms with E-state index in [-0.39, 0.29) is 5.90 Å². The van der Waals surface area contributed by atoms with E-state index < -0.39 is 0 Å². The molecule has 0 aliphatic rings. The summed E-state index contributed by atoms with van der Waals surface area (Å²) in [5.74, 6) is 0.564. The number of hydrogen-bond acceptors (Lipinski definition) is 3. The van der Waals surface area contributed by atoms with Gasteiger partial charge in [0, 0.05) is 14.1 Å². The maximum Gasteiger partial charge on any atom is 0.249 e. The molecule has 0 atom stereocenters. The summed E-state index contributed by atoms with van der Waals surface area (Å²) in [5, 5.41) is 9.97. The van der Waals surface area contributed by atoms with Crippen molar-refractivity contribution in [1.29, 1.82) is 5.41 Å². The minimum atomic E-state index is 0.0903. The largest absolute Gasteiger partial charge is 0.476 e. The van der Waals surface area contributed by atoms with Crippen molar-refractivity contribution in [2.45, 2.75) is 6.92 Å². The standard InChI is InChI=1S/C6H13N3O/c1-4-10-5(7)6(8-2)9-3/h7H,4H2,1-3H3,(H,8,9). The molecule has 0 saturated carbocycles. The maximum atomic E-state index is 7.23. The van der Waals surface area contributed by atoms with Crippen LogP contribution in [0.2, 0.25) is 0 Å². The molecule has 0 spiro atoms. The van der Waals surface area contributed by atoms with E-state index in [0.29, 0.717) is 12.4 Å². The highest BCUT2D eigenvalue weighted by atomic mass is 16.5. The normalized spacial score (nSPS) is 10.9. The van der Waals surface area contributed by atoms with Gasteiger partial charge in [0.05, 0.1) is 6.61 Å². The molecule has 0 aromatic carbocycles. The lowest BCUT2D eigenvalue weighted by molar-refractivity contribution is 0.330. The van der Waals surface area contributed by atoms with Gasteiger partial charge < -0.3 is 10.1 Å². The van der Waals surface area contributed by atoms with Gasteiger partial charge in [-0.1, -0.05) is 0 Å². The second-order valence-corrected chi connectivity index (χ2v) is 1.58. The van der Waals surface area contributed by atoms with E-state index in [1.165, 1.54) is 0 Å². The van der Waals surface area contributed by atoms with Crippen molar-refractivity contribution in [2.75, 3.05) is 20.7 Å². The van der Waals surface area contributed by atoms with Gasteiger partial charge >= 0.3 is 0 Å². The molecule has 0 aliphatic carbocycles. The SMILES string of the molecule is CCOC(=N)C(=NC)NC. The van der Waals surface area contributed by atoms with Crippen molar-refractivity contribution < 1.29 is 4.74 Å². The second-order valence-electron chi connectivity index (χ2n) is 1.58. The molecule has 2 N–H and O–H groups in total. The molecule has 0 radical (unpaired) electrons. The lowest BCUT2D eigenvalue weighted by atomic mass is 10.5. The minimum Gasteiger partial charge on any atom is -0.476 e. The predicted molar refractivity (Wildman–Crippen MR) is 41.8 cm³/mol. The Kier molecular flexibility index (Phi) is 4.28. The summed E-state index contributed by atoms with van der Waals surface area (Å²) in [6, 6.07) is 0. The van der Waals surface area contributed by atoms with Gasteiger partial charge in [-0.25, -0.2) is 0 Å². The second kappa shape index (κ2) is 4.78. The molecule has 4 nitrogen and oxygen atoms in total. The molecular formula is C6H13N3O. The maximum absolute atomic E-state index is 7.23. The van der Waals surface area contributed by atoms with Crippen LogP contribution in [0.1, 0.15) is 6.92 Å². The molecule has 0 heterocycles. The zero-order valence-corrected chi connectivity index (χ0v) is 6.56. The van der Waals surface area contributed by atoms with Gasteiger partial charge in [0.2, 0.25) is 5.90 Å². The molecule has 0 amide bonds. The molecule has 0 saturated heterocycles. The first-order chi connectivity index (χ1) is 4.76. The molecule has 0 unspecified atom stereocenters. The van der Waals surface area contributed by atoms with Crippen LogP contribution in [0.15, 0.2) is 4.99 Å². The van der Waals surface area contributed by atoms with Crippen molar-refractivity contribution in [1.82, 2.24) is 5.32 Å². The van der Waals surface area contributed by atoms with Crippen LogP contribution >= 0.6 is 0 Å². The Morgan fingerprint density at radius 2 is 2.30 bits per heavy atom. The third-order valence-corrected chi connectivity index (χ3v) is 0.964. The number of nitrogens with one attached hydrogen (secondary N) is 2. The molecular weight excluding hydrogens is 130 g/mol. The molecule has 0 aromatic rings. The number of rotatable bonds is 1. The monoisotopic (exact) mass is 143 g/mol. The van der Waals surface area contributed by atoms with Crippen molar-refractivity contribution in [3.05, 3.63) is 0 Å². The van der Waals surface area contributed by atoms with Crippen molar-refractivity contribution in [2.24, 2.45) is 4.99 Å². The van der Waals surface area contributed by atoms with Gasteiger partial charge in [0.25, 0.3) is 0 Å². The highest BCUT2D eigenvalue weighted by Gasteiger charge is 2.02. The Morgan fingerprint density at radius 1 is 1.70 bits per heavy atom. The van der Waals surface area contributed by atoms with Crippen LogP contribution in [0.4, 0.5) is 0 Å². The van der Waals surface area contributed by atoms with Crippen LogP contribution in [0, 0.1) is 5.41 Å². The molecule has 58 valence electrons. The minimum absolute atomic E-state index is 0.0903. The zero-order valence-electron chi connectivity index (χ0n) is 6.56. The quantitative estimate of drug-likeness (QED) is 0.408. The van der Waals surface area contributed by atoms with E-state index in [1.54, 1.807) is 14.1 Å². The van der Waals surface area contributed by atoms with Crippen molar-refractivity contribution in [3.63, 3.8) is 0 Å². The van der Waals surface area contributed by atoms with E-state index >= 15 is 0 Å². The third-order valence-electron chi connectivity index (χ3n) is 0.964. The first-order valence-corrected chi connectivity index (χ1v) is 3.12. The summed E-state index contributed by atoms with van der Waals surface area (Å²) in [6.45, 7) is 2.33. The molecule has 0 rings (SSSR count). The fourth-order valence-corrected chi connectivity index (χ4v) is 0.540. The summed E-state index contributed by atoms with van der Waals surface area (Å²) in [7, 11) is 3.31. The molecule has 10 heavy (non-hydrogen) atoms. The third kappa shape index (κ3) is 2.48. The van der Waals surface area contributed by atoms with Crippen LogP contribution in [-0.4, -0.2) is 32.4 Å².